The molecule has 2 aliphatic rings. The highest BCUT2D eigenvalue weighted by Crippen LogP contribution is 2.27. The van der Waals surface area contributed by atoms with Gasteiger partial charge in [-0.25, -0.2) is 0 Å². The number of likely N-dealkylation sites (tertiary alicyclic amines) is 2. The zero-order valence-electron chi connectivity index (χ0n) is 11.0. The third-order valence-corrected chi connectivity index (χ3v) is 3.87. The van der Waals surface area contributed by atoms with Gasteiger partial charge in [0.15, 0.2) is 0 Å². The van der Waals surface area contributed by atoms with Crippen molar-refractivity contribution in [3.8, 4) is 0 Å². The number of hydrogen-bond acceptors (Lipinski definition) is 3. The minimum Gasteiger partial charge on any atom is -0.338 e. The maximum atomic E-state index is 12.3. The Hall–Kier alpha value is -1.31. The topological polar surface area (TPSA) is 66.6 Å². The fourth-order valence-electron chi connectivity index (χ4n) is 2.91. The molecule has 8 heteroatoms. The predicted octanol–water partition coefficient (Wildman–Crippen LogP) is 0.347. The van der Waals surface area contributed by atoms with Crippen molar-refractivity contribution in [1.29, 1.82) is 0 Å². The number of amides is 2. The Morgan fingerprint density at radius 1 is 1.40 bits per heavy atom. The number of nitrogens with two attached hydrogens (primary N) is 1. The van der Waals surface area contributed by atoms with Gasteiger partial charge in [0.25, 0.3) is 0 Å². The van der Waals surface area contributed by atoms with Crippen molar-refractivity contribution in [3.05, 3.63) is 0 Å². The van der Waals surface area contributed by atoms with Crippen molar-refractivity contribution in [1.82, 2.24) is 9.80 Å². The van der Waals surface area contributed by atoms with Crippen molar-refractivity contribution in [2.24, 2.45) is 11.7 Å². The van der Waals surface area contributed by atoms with Crippen LogP contribution in [0.4, 0.5) is 13.2 Å². The molecule has 0 aromatic carbocycles. The van der Waals surface area contributed by atoms with Crippen LogP contribution in [-0.4, -0.2) is 60.0 Å². The first-order valence-corrected chi connectivity index (χ1v) is 6.67. The van der Waals surface area contributed by atoms with Crippen LogP contribution in [0.3, 0.4) is 0 Å². The maximum Gasteiger partial charge on any atom is 0.406 e. The molecule has 2 atom stereocenters. The van der Waals surface area contributed by atoms with Crippen LogP contribution in [0.2, 0.25) is 0 Å². The molecule has 2 rings (SSSR count). The lowest BCUT2D eigenvalue weighted by Gasteiger charge is -2.26. The summed E-state index contributed by atoms with van der Waals surface area (Å²) in [5.74, 6) is -1.52. The van der Waals surface area contributed by atoms with Gasteiger partial charge in [-0.3, -0.25) is 9.59 Å². The normalized spacial score (nSPS) is 27.5. The third kappa shape index (κ3) is 3.23. The molecule has 2 heterocycles. The molecule has 5 nitrogen and oxygen atoms in total. The highest BCUT2D eigenvalue weighted by molar-refractivity contribution is 5.89. The molecule has 0 bridgehead atoms. The minimum absolute atomic E-state index is 0.0470. The average molecular weight is 293 g/mol. The van der Waals surface area contributed by atoms with Gasteiger partial charge >= 0.3 is 6.18 Å². The fraction of sp³-hybridized carbons (Fsp3) is 0.833. The minimum atomic E-state index is -4.43. The molecule has 114 valence electrons. The summed E-state index contributed by atoms with van der Waals surface area (Å²) in [5, 5.41) is 0. The van der Waals surface area contributed by atoms with E-state index in [0.717, 1.165) is 17.7 Å². The molecule has 2 fully saturated rings. The molecule has 0 radical (unpaired) electrons. The zero-order chi connectivity index (χ0) is 14.9. The number of carbonyl (C=O) groups is 2. The summed E-state index contributed by atoms with van der Waals surface area (Å²) in [6.45, 7) is -0.510. The Morgan fingerprint density at radius 3 is 2.70 bits per heavy atom. The Bertz CT molecular complexity index is 400. The first-order chi connectivity index (χ1) is 9.31. The van der Waals surface area contributed by atoms with E-state index >= 15 is 0 Å². The largest absolute Gasteiger partial charge is 0.406 e. The van der Waals surface area contributed by atoms with Crippen molar-refractivity contribution < 1.29 is 22.8 Å². The second-order valence-electron chi connectivity index (χ2n) is 5.35. The van der Waals surface area contributed by atoms with Crippen LogP contribution in [0.25, 0.3) is 0 Å². The molecule has 0 aromatic rings. The second-order valence-corrected chi connectivity index (χ2v) is 5.35. The predicted molar refractivity (Wildman–Crippen MR) is 64.5 cm³/mol. The molecule has 2 amide bonds. The van der Waals surface area contributed by atoms with Gasteiger partial charge < -0.3 is 15.5 Å². The van der Waals surface area contributed by atoms with E-state index in [2.05, 4.69) is 0 Å². The Morgan fingerprint density at radius 2 is 2.10 bits per heavy atom. The molecule has 0 aliphatic carbocycles. The molecule has 2 aliphatic heterocycles. The maximum absolute atomic E-state index is 12.3. The Kier molecular flexibility index (Phi) is 4.22. The van der Waals surface area contributed by atoms with E-state index in [1.807, 2.05) is 0 Å². The molecular formula is C12H18F3N3O2. The van der Waals surface area contributed by atoms with E-state index in [1.54, 1.807) is 4.90 Å². The van der Waals surface area contributed by atoms with Gasteiger partial charge in [0.1, 0.15) is 6.54 Å². The standard InChI is InChI=1S/C12H18F3N3O2/c13-12(14,15)7-17-6-8(4-10(17)19)11(20)18-3-1-2-9(18)5-16/h8-9H,1-7,16H2. The number of halogens is 3. The van der Waals surface area contributed by atoms with Crippen molar-refractivity contribution in [2.45, 2.75) is 31.5 Å². The number of hydrogen-bond donors (Lipinski definition) is 1. The molecule has 0 spiro atoms. The molecule has 0 aromatic heterocycles. The summed E-state index contributed by atoms with van der Waals surface area (Å²) in [7, 11) is 0. The summed E-state index contributed by atoms with van der Waals surface area (Å²) in [6.07, 6.45) is -2.90. The van der Waals surface area contributed by atoms with Gasteiger partial charge in [0, 0.05) is 32.1 Å². The van der Waals surface area contributed by atoms with Crippen LogP contribution in [0.15, 0.2) is 0 Å². The smallest absolute Gasteiger partial charge is 0.338 e. The van der Waals surface area contributed by atoms with Gasteiger partial charge in [0.05, 0.1) is 5.92 Å². The van der Waals surface area contributed by atoms with E-state index in [0.29, 0.717) is 13.1 Å². The van der Waals surface area contributed by atoms with Gasteiger partial charge in [-0.2, -0.15) is 13.2 Å². The van der Waals surface area contributed by atoms with E-state index < -0.39 is 24.5 Å². The zero-order valence-corrected chi connectivity index (χ0v) is 11.0. The molecule has 2 N–H and O–H groups in total. The first-order valence-electron chi connectivity index (χ1n) is 6.67. The van der Waals surface area contributed by atoms with Gasteiger partial charge in [-0.1, -0.05) is 0 Å². The van der Waals surface area contributed by atoms with Crippen LogP contribution in [0.1, 0.15) is 19.3 Å². The second kappa shape index (κ2) is 5.59. The van der Waals surface area contributed by atoms with Gasteiger partial charge in [-0.05, 0) is 12.8 Å². The summed E-state index contributed by atoms with van der Waals surface area (Å²) in [4.78, 5) is 26.2. The highest BCUT2D eigenvalue weighted by atomic mass is 19.4. The molecular weight excluding hydrogens is 275 g/mol. The van der Waals surface area contributed by atoms with Crippen molar-refractivity contribution >= 4 is 11.8 Å². The Balaban J connectivity index is 1.97. The van der Waals surface area contributed by atoms with Gasteiger partial charge in [-0.15, -0.1) is 0 Å². The van der Waals surface area contributed by atoms with Crippen molar-refractivity contribution in [2.75, 3.05) is 26.2 Å². The van der Waals surface area contributed by atoms with Crippen LogP contribution >= 0.6 is 0 Å². The van der Waals surface area contributed by atoms with Crippen LogP contribution in [-0.2, 0) is 9.59 Å². The first kappa shape index (κ1) is 15.1. The quantitative estimate of drug-likeness (QED) is 0.816. The fourth-order valence-corrected chi connectivity index (χ4v) is 2.91. The van der Waals surface area contributed by atoms with E-state index in [9.17, 15) is 22.8 Å². The summed E-state index contributed by atoms with van der Waals surface area (Å²) >= 11 is 0. The monoisotopic (exact) mass is 293 g/mol. The molecule has 20 heavy (non-hydrogen) atoms. The lowest BCUT2D eigenvalue weighted by molar-refractivity contribution is -0.157. The van der Waals surface area contributed by atoms with Crippen LogP contribution < -0.4 is 5.73 Å². The molecule has 2 saturated heterocycles. The summed E-state index contributed by atoms with van der Waals surface area (Å²) in [5.41, 5.74) is 5.58. The summed E-state index contributed by atoms with van der Waals surface area (Å²) in [6, 6.07) is -0.0470. The Labute approximate surface area is 114 Å². The number of nitrogens with zero attached hydrogens (tertiary/aromatic N) is 2. The SMILES string of the molecule is NCC1CCCN1C(=O)C1CC(=O)N(CC(F)(F)F)C1. The molecule has 0 saturated carbocycles. The highest BCUT2D eigenvalue weighted by Gasteiger charge is 2.43. The summed E-state index contributed by atoms with van der Waals surface area (Å²) < 4.78 is 37.0. The van der Waals surface area contributed by atoms with E-state index in [-0.39, 0.29) is 24.9 Å². The van der Waals surface area contributed by atoms with Crippen LogP contribution in [0, 0.1) is 5.92 Å². The van der Waals surface area contributed by atoms with Crippen LogP contribution in [0.5, 0.6) is 0 Å². The lowest BCUT2D eigenvalue weighted by atomic mass is 10.1. The number of rotatable bonds is 3. The number of alkyl halides is 3. The third-order valence-electron chi connectivity index (χ3n) is 3.87. The van der Waals surface area contributed by atoms with Gasteiger partial charge in [0.2, 0.25) is 11.8 Å². The molecule has 2 unspecified atom stereocenters. The number of carbonyl (C=O) groups excluding carboxylic acids is 2. The lowest BCUT2D eigenvalue weighted by Crippen LogP contribution is -2.44. The van der Waals surface area contributed by atoms with Crippen molar-refractivity contribution in [3.63, 3.8) is 0 Å². The average Bonchev–Trinajstić information content (AvgIpc) is 2.94. The van der Waals surface area contributed by atoms with E-state index in [1.165, 1.54) is 0 Å². The van der Waals surface area contributed by atoms with E-state index in [4.69, 9.17) is 5.73 Å².